The molecule has 0 aliphatic carbocycles. The quantitative estimate of drug-likeness (QED) is 0.499. The second kappa shape index (κ2) is 4.62. The molecule has 0 saturated heterocycles. The standard InChI is InChI=1S/C9H8Br2OS/c1-5(10)9(12)7-4-6(13)2-3-8(7)11/h2-5,13H,1H3. The number of Topliss-reactive ketones (excluding diaryl/α,β-unsaturated/α-hetero) is 1. The summed E-state index contributed by atoms with van der Waals surface area (Å²) in [5, 5.41) is 0. The molecule has 1 nitrogen and oxygen atoms in total. The summed E-state index contributed by atoms with van der Waals surface area (Å²) in [6.45, 7) is 1.81. The number of hydrogen-bond acceptors (Lipinski definition) is 2. The minimum atomic E-state index is -0.168. The van der Waals surface area contributed by atoms with Crippen molar-refractivity contribution in [2.24, 2.45) is 0 Å². The Balaban J connectivity index is 3.13. The van der Waals surface area contributed by atoms with Crippen molar-refractivity contribution in [2.75, 3.05) is 0 Å². The van der Waals surface area contributed by atoms with Gasteiger partial charge in [-0.15, -0.1) is 12.6 Å². The highest BCUT2D eigenvalue weighted by Crippen LogP contribution is 2.23. The van der Waals surface area contributed by atoms with E-state index in [2.05, 4.69) is 44.5 Å². The number of hydrogen-bond donors (Lipinski definition) is 1. The largest absolute Gasteiger partial charge is 0.293 e. The van der Waals surface area contributed by atoms with Crippen LogP contribution in [0.4, 0.5) is 0 Å². The molecule has 0 radical (unpaired) electrons. The Morgan fingerprint density at radius 2 is 2.15 bits per heavy atom. The highest BCUT2D eigenvalue weighted by molar-refractivity contribution is 9.10. The highest BCUT2D eigenvalue weighted by atomic mass is 79.9. The van der Waals surface area contributed by atoms with E-state index in [4.69, 9.17) is 0 Å². The molecule has 0 fully saturated rings. The number of benzene rings is 1. The molecule has 0 bridgehead atoms. The molecule has 1 aromatic carbocycles. The second-order valence-corrected chi connectivity index (χ2v) is 5.39. The molecule has 0 aliphatic rings. The van der Waals surface area contributed by atoms with Crippen LogP contribution in [0.25, 0.3) is 0 Å². The Morgan fingerprint density at radius 3 is 2.69 bits per heavy atom. The second-order valence-electron chi connectivity index (χ2n) is 2.64. The molecule has 0 spiro atoms. The van der Waals surface area contributed by atoms with E-state index in [0.29, 0.717) is 5.56 Å². The molecule has 4 heteroatoms. The van der Waals surface area contributed by atoms with E-state index in [1.165, 1.54) is 0 Å². The molecule has 1 atom stereocenters. The Bertz CT molecular complexity index is 336. The molecule has 0 amide bonds. The molecule has 0 N–H and O–H groups in total. The van der Waals surface area contributed by atoms with Crippen molar-refractivity contribution < 1.29 is 4.79 Å². The van der Waals surface area contributed by atoms with Crippen molar-refractivity contribution in [2.45, 2.75) is 16.6 Å². The van der Waals surface area contributed by atoms with Crippen LogP contribution >= 0.6 is 44.5 Å². The first-order chi connectivity index (χ1) is 6.02. The third-order valence-electron chi connectivity index (χ3n) is 1.58. The van der Waals surface area contributed by atoms with Gasteiger partial charge in [-0.2, -0.15) is 0 Å². The number of carbonyl (C=O) groups excluding carboxylic acids is 1. The van der Waals surface area contributed by atoms with Crippen LogP contribution in [0.15, 0.2) is 27.6 Å². The van der Waals surface area contributed by atoms with Crippen molar-refractivity contribution in [1.82, 2.24) is 0 Å². The van der Waals surface area contributed by atoms with E-state index >= 15 is 0 Å². The molecule has 0 aromatic heterocycles. The zero-order valence-electron chi connectivity index (χ0n) is 6.92. The SMILES string of the molecule is CC(Br)C(=O)c1cc(S)ccc1Br. The van der Waals surface area contributed by atoms with Crippen molar-refractivity contribution in [3.63, 3.8) is 0 Å². The summed E-state index contributed by atoms with van der Waals surface area (Å²) in [7, 11) is 0. The maximum absolute atomic E-state index is 11.6. The van der Waals surface area contributed by atoms with Crippen molar-refractivity contribution in [3.05, 3.63) is 28.2 Å². The summed E-state index contributed by atoms with van der Waals surface area (Å²) in [5.74, 6) is 0.0581. The molecule has 0 aliphatic heterocycles. The summed E-state index contributed by atoms with van der Waals surface area (Å²) in [4.78, 5) is 12.2. The Morgan fingerprint density at radius 1 is 1.54 bits per heavy atom. The van der Waals surface area contributed by atoms with E-state index in [-0.39, 0.29) is 10.6 Å². The monoisotopic (exact) mass is 322 g/mol. The summed E-state index contributed by atoms with van der Waals surface area (Å²) in [5.41, 5.74) is 0.664. The van der Waals surface area contributed by atoms with Gasteiger partial charge in [0, 0.05) is 14.9 Å². The van der Waals surface area contributed by atoms with Crippen LogP contribution in [0.2, 0.25) is 0 Å². The van der Waals surface area contributed by atoms with Crippen LogP contribution < -0.4 is 0 Å². The Hall–Kier alpha value is 0.200. The first kappa shape index (κ1) is 11.3. The summed E-state index contributed by atoms with van der Waals surface area (Å²) < 4.78 is 0.807. The first-order valence-electron chi connectivity index (χ1n) is 3.69. The number of ketones is 1. The summed E-state index contributed by atoms with van der Waals surface area (Å²) >= 11 is 10.7. The average molecular weight is 324 g/mol. The number of thiol groups is 1. The molecule has 0 saturated carbocycles. The maximum atomic E-state index is 11.6. The Kier molecular flexibility index (Phi) is 4.01. The predicted molar refractivity (Wildman–Crippen MR) is 64.1 cm³/mol. The lowest BCUT2D eigenvalue weighted by Gasteiger charge is -2.05. The molecule has 0 heterocycles. The fraction of sp³-hybridized carbons (Fsp3) is 0.222. The normalized spacial score (nSPS) is 12.6. The van der Waals surface area contributed by atoms with Gasteiger partial charge in [-0.1, -0.05) is 31.9 Å². The number of alkyl halides is 1. The van der Waals surface area contributed by atoms with Gasteiger partial charge in [0.2, 0.25) is 0 Å². The minimum Gasteiger partial charge on any atom is -0.293 e. The van der Waals surface area contributed by atoms with Gasteiger partial charge in [0.1, 0.15) is 0 Å². The van der Waals surface area contributed by atoms with Gasteiger partial charge in [-0.05, 0) is 25.1 Å². The highest BCUT2D eigenvalue weighted by Gasteiger charge is 2.14. The van der Waals surface area contributed by atoms with E-state index < -0.39 is 0 Å². The van der Waals surface area contributed by atoms with Crippen LogP contribution in [0.1, 0.15) is 17.3 Å². The van der Waals surface area contributed by atoms with E-state index in [9.17, 15) is 4.79 Å². The van der Waals surface area contributed by atoms with Crippen LogP contribution in [0.3, 0.4) is 0 Å². The number of rotatable bonds is 2. The van der Waals surface area contributed by atoms with Crippen molar-refractivity contribution in [1.29, 1.82) is 0 Å². The summed E-state index contributed by atoms with van der Waals surface area (Å²) in [6, 6.07) is 5.42. The van der Waals surface area contributed by atoms with E-state index in [0.717, 1.165) is 9.37 Å². The van der Waals surface area contributed by atoms with Gasteiger partial charge >= 0.3 is 0 Å². The molecule has 1 aromatic rings. The zero-order chi connectivity index (χ0) is 10.0. The fourth-order valence-corrected chi connectivity index (χ4v) is 1.81. The zero-order valence-corrected chi connectivity index (χ0v) is 11.0. The molecular weight excluding hydrogens is 316 g/mol. The predicted octanol–water partition coefficient (Wildman–Crippen LogP) is 3.70. The van der Waals surface area contributed by atoms with E-state index in [1.54, 1.807) is 13.0 Å². The lowest BCUT2D eigenvalue weighted by atomic mass is 10.1. The average Bonchev–Trinajstić information content (AvgIpc) is 2.08. The van der Waals surface area contributed by atoms with Crippen LogP contribution in [0, 0.1) is 0 Å². The van der Waals surface area contributed by atoms with Gasteiger partial charge in [0.15, 0.2) is 5.78 Å². The fourth-order valence-electron chi connectivity index (χ4n) is 0.916. The summed E-state index contributed by atoms with van der Waals surface area (Å²) in [6.07, 6.45) is 0. The van der Waals surface area contributed by atoms with Gasteiger partial charge < -0.3 is 0 Å². The first-order valence-corrected chi connectivity index (χ1v) is 5.84. The number of halogens is 2. The van der Waals surface area contributed by atoms with Gasteiger partial charge in [0.05, 0.1) is 4.83 Å². The Labute approximate surface area is 99.6 Å². The lowest BCUT2D eigenvalue weighted by Crippen LogP contribution is -2.10. The minimum absolute atomic E-state index is 0.0581. The van der Waals surface area contributed by atoms with Gasteiger partial charge in [-0.3, -0.25) is 4.79 Å². The molecule has 1 rings (SSSR count). The lowest BCUT2D eigenvalue weighted by molar-refractivity contribution is 0.0995. The topological polar surface area (TPSA) is 17.1 Å². The third kappa shape index (κ3) is 2.82. The molecular formula is C9H8Br2OS. The van der Waals surface area contributed by atoms with Crippen LogP contribution in [-0.2, 0) is 0 Å². The van der Waals surface area contributed by atoms with Crippen LogP contribution in [0.5, 0.6) is 0 Å². The van der Waals surface area contributed by atoms with Gasteiger partial charge in [-0.25, -0.2) is 0 Å². The molecule has 1 unspecified atom stereocenters. The molecule has 70 valence electrons. The molecule has 13 heavy (non-hydrogen) atoms. The van der Waals surface area contributed by atoms with E-state index in [1.807, 2.05) is 12.1 Å². The third-order valence-corrected chi connectivity index (χ3v) is 2.96. The smallest absolute Gasteiger partial charge is 0.177 e. The number of carbonyl (C=O) groups is 1. The van der Waals surface area contributed by atoms with Crippen molar-refractivity contribution in [3.8, 4) is 0 Å². The maximum Gasteiger partial charge on any atom is 0.177 e. The van der Waals surface area contributed by atoms with Crippen molar-refractivity contribution >= 4 is 50.3 Å². The van der Waals surface area contributed by atoms with Crippen LogP contribution in [-0.4, -0.2) is 10.6 Å². The van der Waals surface area contributed by atoms with Gasteiger partial charge in [0.25, 0.3) is 0 Å².